The van der Waals surface area contributed by atoms with Crippen molar-refractivity contribution in [3.05, 3.63) is 29.8 Å². The Kier molecular flexibility index (Phi) is 9.94. The zero-order valence-corrected chi connectivity index (χ0v) is 19.8. The van der Waals surface area contributed by atoms with Gasteiger partial charge in [0.15, 0.2) is 0 Å². The Morgan fingerprint density at radius 3 is 2.45 bits per heavy atom. The number of hydrogen-bond donors (Lipinski definition) is 1. The number of likely N-dealkylation sites (tertiary alicyclic amines) is 1. The molecule has 1 heterocycles. The van der Waals surface area contributed by atoms with Crippen LogP contribution in [0.4, 0.5) is 0 Å². The number of nitrogens with zero attached hydrogens (tertiary/aromatic N) is 3. The van der Waals surface area contributed by atoms with Crippen molar-refractivity contribution in [3.8, 4) is 6.07 Å². The highest BCUT2D eigenvalue weighted by atomic mass is 32.2. The molecule has 0 saturated carbocycles. The predicted molar refractivity (Wildman–Crippen MR) is 122 cm³/mol. The molecule has 1 aromatic carbocycles. The van der Waals surface area contributed by atoms with Gasteiger partial charge in [-0.3, -0.25) is 4.79 Å². The van der Waals surface area contributed by atoms with Crippen molar-refractivity contribution in [2.45, 2.75) is 51.3 Å². The van der Waals surface area contributed by atoms with Gasteiger partial charge in [0.2, 0.25) is 10.0 Å². The highest BCUT2D eigenvalue weighted by Crippen LogP contribution is 2.23. The van der Waals surface area contributed by atoms with E-state index in [1.807, 2.05) is 11.0 Å². The van der Waals surface area contributed by atoms with E-state index in [-0.39, 0.29) is 23.8 Å². The molecule has 31 heavy (non-hydrogen) atoms. The van der Waals surface area contributed by atoms with E-state index in [1.165, 1.54) is 18.6 Å². The van der Waals surface area contributed by atoms with Crippen LogP contribution in [0.5, 0.6) is 0 Å². The van der Waals surface area contributed by atoms with Crippen LogP contribution < -0.4 is 4.72 Å². The zero-order chi connectivity index (χ0) is 22.9. The molecular formula is C23H36N4O3S. The molecule has 1 N–H and O–H groups in total. The van der Waals surface area contributed by atoms with Crippen LogP contribution in [0.1, 0.15) is 56.8 Å². The molecule has 1 aliphatic heterocycles. The van der Waals surface area contributed by atoms with Gasteiger partial charge in [-0.1, -0.05) is 20.8 Å². The van der Waals surface area contributed by atoms with Gasteiger partial charge in [-0.05, 0) is 68.5 Å². The summed E-state index contributed by atoms with van der Waals surface area (Å²) in [5.41, 5.74) is 0.503. The van der Waals surface area contributed by atoms with Crippen LogP contribution in [0.25, 0.3) is 0 Å². The number of piperidine rings is 1. The maximum Gasteiger partial charge on any atom is 0.253 e. The molecule has 1 aromatic rings. The fourth-order valence-electron chi connectivity index (χ4n) is 3.97. The predicted octanol–water partition coefficient (Wildman–Crippen LogP) is 3.10. The van der Waals surface area contributed by atoms with E-state index in [1.54, 1.807) is 12.1 Å². The average molecular weight is 449 g/mol. The van der Waals surface area contributed by atoms with Crippen molar-refractivity contribution >= 4 is 15.9 Å². The molecule has 0 bridgehead atoms. The first-order chi connectivity index (χ1) is 14.8. The summed E-state index contributed by atoms with van der Waals surface area (Å²) in [5, 5.41) is 8.54. The zero-order valence-electron chi connectivity index (χ0n) is 19.0. The SMILES string of the molecule is CCN(CCC1CCN(C(=O)c2ccc(S(=O)(=O)NCCC#N)cc2)CC1)CC(C)C. The molecule has 0 unspecified atom stereocenters. The number of hydrogen-bond acceptors (Lipinski definition) is 5. The van der Waals surface area contributed by atoms with Crippen LogP contribution >= 0.6 is 0 Å². The molecule has 2 rings (SSSR count). The summed E-state index contributed by atoms with van der Waals surface area (Å²) in [6.45, 7) is 11.6. The Hall–Kier alpha value is -1.95. The molecule has 1 amide bonds. The fraction of sp³-hybridized carbons (Fsp3) is 0.652. The third kappa shape index (κ3) is 7.91. The van der Waals surface area contributed by atoms with E-state index in [0.717, 1.165) is 45.6 Å². The first-order valence-corrected chi connectivity index (χ1v) is 12.7. The third-order valence-electron chi connectivity index (χ3n) is 5.77. The smallest absolute Gasteiger partial charge is 0.253 e. The summed E-state index contributed by atoms with van der Waals surface area (Å²) >= 11 is 0. The number of carbonyl (C=O) groups is 1. The van der Waals surface area contributed by atoms with E-state index < -0.39 is 10.0 Å². The second-order valence-corrected chi connectivity index (χ2v) is 10.4. The van der Waals surface area contributed by atoms with Crippen molar-refractivity contribution in [2.24, 2.45) is 11.8 Å². The molecule has 0 radical (unpaired) electrons. The lowest BCUT2D eigenvalue weighted by Crippen LogP contribution is -2.39. The molecule has 0 atom stereocenters. The van der Waals surface area contributed by atoms with Crippen LogP contribution in [-0.2, 0) is 10.0 Å². The minimum Gasteiger partial charge on any atom is -0.339 e. The third-order valence-corrected chi connectivity index (χ3v) is 7.24. The average Bonchev–Trinajstić information content (AvgIpc) is 2.76. The first kappa shape index (κ1) is 25.3. The van der Waals surface area contributed by atoms with E-state index >= 15 is 0 Å². The Labute approximate surface area is 187 Å². The molecular weight excluding hydrogens is 412 g/mol. The van der Waals surface area contributed by atoms with Gasteiger partial charge in [0.25, 0.3) is 5.91 Å². The standard InChI is InChI=1S/C23H36N4O3S/c1-4-26(18-19(2)3)15-10-20-11-16-27(17-12-20)23(28)21-6-8-22(9-7-21)31(29,30)25-14-5-13-24/h6-9,19-20,25H,4-5,10-12,14-18H2,1-3H3. The van der Waals surface area contributed by atoms with Crippen LogP contribution in [0.3, 0.4) is 0 Å². The Bertz CT molecular complexity index is 839. The number of nitrogens with one attached hydrogen (secondary N) is 1. The number of amides is 1. The second kappa shape index (κ2) is 12.2. The van der Waals surface area contributed by atoms with Crippen LogP contribution in [-0.4, -0.2) is 63.4 Å². The summed E-state index contributed by atoms with van der Waals surface area (Å²) in [6, 6.07) is 7.93. The summed E-state index contributed by atoms with van der Waals surface area (Å²) in [5.74, 6) is 1.28. The number of sulfonamides is 1. The maximum absolute atomic E-state index is 12.8. The van der Waals surface area contributed by atoms with Crippen LogP contribution in [0.15, 0.2) is 29.2 Å². The molecule has 0 aromatic heterocycles. The van der Waals surface area contributed by atoms with Crippen molar-refractivity contribution in [1.82, 2.24) is 14.5 Å². The second-order valence-electron chi connectivity index (χ2n) is 8.64. The molecule has 0 aliphatic carbocycles. The largest absolute Gasteiger partial charge is 0.339 e. The summed E-state index contributed by atoms with van der Waals surface area (Å²) in [7, 11) is -3.66. The van der Waals surface area contributed by atoms with Crippen LogP contribution in [0, 0.1) is 23.2 Å². The maximum atomic E-state index is 12.8. The van der Waals surface area contributed by atoms with E-state index in [0.29, 0.717) is 17.4 Å². The van der Waals surface area contributed by atoms with Gasteiger partial charge < -0.3 is 9.80 Å². The van der Waals surface area contributed by atoms with Crippen molar-refractivity contribution in [1.29, 1.82) is 5.26 Å². The molecule has 1 fully saturated rings. The van der Waals surface area contributed by atoms with Crippen molar-refractivity contribution < 1.29 is 13.2 Å². The quantitative estimate of drug-likeness (QED) is 0.525. The van der Waals surface area contributed by atoms with E-state index in [9.17, 15) is 13.2 Å². The lowest BCUT2D eigenvalue weighted by Gasteiger charge is -2.33. The lowest BCUT2D eigenvalue weighted by molar-refractivity contribution is 0.0680. The molecule has 172 valence electrons. The lowest BCUT2D eigenvalue weighted by atomic mass is 9.93. The highest BCUT2D eigenvalue weighted by Gasteiger charge is 2.24. The summed E-state index contributed by atoms with van der Waals surface area (Å²) in [4.78, 5) is 17.3. The van der Waals surface area contributed by atoms with E-state index in [4.69, 9.17) is 5.26 Å². The van der Waals surface area contributed by atoms with Gasteiger partial charge in [-0.25, -0.2) is 13.1 Å². The van der Waals surface area contributed by atoms with Crippen molar-refractivity contribution in [2.75, 3.05) is 39.3 Å². The van der Waals surface area contributed by atoms with Crippen molar-refractivity contribution in [3.63, 3.8) is 0 Å². The molecule has 0 spiro atoms. The van der Waals surface area contributed by atoms with Gasteiger partial charge in [-0.15, -0.1) is 0 Å². The topological polar surface area (TPSA) is 93.5 Å². The normalized spacial score (nSPS) is 15.4. The number of nitriles is 1. The molecule has 8 heteroatoms. The Morgan fingerprint density at radius 2 is 1.90 bits per heavy atom. The molecule has 1 aliphatic rings. The van der Waals surface area contributed by atoms with Gasteiger partial charge >= 0.3 is 0 Å². The van der Waals surface area contributed by atoms with Gasteiger partial charge in [0.05, 0.1) is 11.0 Å². The number of benzene rings is 1. The minimum absolute atomic E-state index is 0.0465. The van der Waals surface area contributed by atoms with Gasteiger partial charge in [0.1, 0.15) is 0 Å². The monoisotopic (exact) mass is 448 g/mol. The minimum atomic E-state index is -3.66. The molecule has 1 saturated heterocycles. The van der Waals surface area contributed by atoms with Crippen LogP contribution in [0.2, 0.25) is 0 Å². The fourth-order valence-corrected chi connectivity index (χ4v) is 5.00. The first-order valence-electron chi connectivity index (χ1n) is 11.2. The number of rotatable bonds is 11. The van der Waals surface area contributed by atoms with Gasteiger partial charge in [-0.2, -0.15) is 5.26 Å². The summed E-state index contributed by atoms with van der Waals surface area (Å²) < 4.78 is 26.8. The Balaban J connectivity index is 1.85. The Morgan fingerprint density at radius 1 is 1.26 bits per heavy atom. The summed E-state index contributed by atoms with van der Waals surface area (Å²) in [6.07, 6.45) is 3.31. The van der Waals surface area contributed by atoms with E-state index in [2.05, 4.69) is 30.4 Å². The number of carbonyl (C=O) groups excluding carboxylic acids is 1. The highest BCUT2D eigenvalue weighted by molar-refractivity contribution is 7.89. The van der Waals surface area contributed by atoms with Gasteiger partial charge in [0, 0.05) is 38.2 Å². The molecule has 7 nitrogen and oxygen atoms in total.